The first kappa shape index (κ1) is 14.3. The molecular formula is C16H13N3O2S. The molecule has 2 heterocycles. The molecule has 2 aromatic rings. The average molecular weight is 311 g/mol. The zero-order chi connectivity index (χ0) is 15.5. The molecule has 6 heteroatoms. The van der Waals surface area contributed by atoms with Crippen LogP contribution in [-0.2, 0) is 4.79 Å². The van der Waals surface area contributed by atoms with Gasteiger partial charge in [0, 0.05) is 17.3 Å². The quantitative estimate of drug-likeness (QED) is 0.538. The van der Waals surface area contributed by atoms with E-state index in [4.69, 9.17) is 0 Å². The first-order valence-corrected chi connectivity index (χ1v) is 7.83. The monoisotopic (exact) mass is 311 g/mol. The Morgan fingerprint density at radius 2 is 1.77 bits per heavy atom. The Morgan fingerprint density at radius 1 is 1.09 bits per heavy atom. The van der Waals surface area contributed by atoms with Crippen LogP contribution in [0.5, 0.6) is 0 Å². The molecule has 1 N–H and O–H groups in total. The second-order valence-electron chi connectivity index (χ2n) is 4.61. The van der Waals surface area contributed by atoms with Crippen molar-refractivity contribution in [2.75, 3.05) is 11.2 Å². The molecule has 3 amide bonds. The molecule has 0 spiro atoms. The van der Waals surface area contributed by atoms with Gasteiger partial charge in [-0.05, 0) is 54.3 Å². The standard InChI is InChI=1S/C16H13N3O2S/c1-22-13-4-2-12(3-5-13)19-15(20)14(18-16(19)21)10-11-6-8-17-9-7-11/h2-10H,1H3,(H,18,21)/b14-10-. The van der Waals surface area contributed by atoms with Gasteiger partial charge in [0.05, 0.1) is 5.69 Å². The molecule has 1 fully saturated rings. The lowest BCUT2D eigenvalue weighted by atomic mass is 10.2. The van der Waals surface area contributed by atoms with Gasteiger partial charge >= 0.3 is 6.03 Å². The van der Waals surface area contributed by atoms with Crippen molar-refractivity contribution in [1.29, 1.82) is 0 Å². The largest absolute Gasteiger partial charge is 0.333 e. The van der Waals surface area contributed by atoms with Crippen LogP contribution >= 0.6 is 11.8 Å². The molecule has 1 aliphatic rings. The van der Waals surface area contributed by atoms with E-state index in [-0.39, 0.29) is 11.6 Å². The second kappa shape index (κ2) is 6.03. The average Bonchev–Trinajstić information content (AvgIpc) is 2.82. The van der Waals surface area contributed by atoms with Crippen LogP contribution in [-0.4, -0.2) is 23.2 Å². The van der Waals surface area contributed by atoms with E-state index in [9.17, 15) is 9.59 Å². The lowest BCUT2D eigenvalue weighted by molar-refractivity contribution is -0.113. The van der Waals surface area contributed by atoms with Crippen LogP contribution in [0.2, 0.25) is 0 Å². The summed E-state index contributed by atoms with van der Waals surface area (Å²) in [5.41, 5.74) is 1.61. The van der Waals surface area contributed by atoms with Crippen molar-refractivity contribution < 1.29 is 9.59 Å². The van der Waals surface area contributed by atoms with Gasteiger partial charge in [0.25, 0.3) is 5.91 Å². The Hall–Kier alpha value is -2.60. The van der Waals surface area contributed by atoms with E-state index < -0.39 is 6.03 Å². The predicted molar refractivity (Wildman–Crippen MR) is 86.5 cm³/mol. The molecule has 110 valence electrons. The molecule has 0 radical (unpaired) electrons. The molecule has 0 bridgehead atoms. The fourth-order valence-corrected chi connectivity index (χ4v) is 2.54. The summed E-state index contributed by atoms with van der Waals surface area (Å²) in [6.07, 6.45) is 6.87. The summed E-state index contributed by atoms with van der Waals surface area (Å²) in [6, 6.07) is 10.4. The first-order chi connectivity index (χ1) is 10.7. The van der Waals surface area contributed by atoms with Gasteiger partial charge in [-0.15, -0.1) is 11.8 Å². The zero-order valence-electron chi connectivity index (χ0n) is 11.8. The highest BCUT2D eigenvalue weighted by atomic mass is 32.2. The number of anilines is 1. The second-order valence-corrected chi connectivity index (χ2v) is 5.49. The minimum Gasteiger partial charge on any atom is -0.302 e. The van der Waals surface area contributed by atoms with Crippen LogP contribution in [0.1, 0.15) is 5.56 Å². The Morgan fingerprint density at radius 3 is 2.41 bits per heavy atom. The van der Waals surface area contributed by atoms with Crippen molar-refractivity contribution >= 4 is 35.5 Å². The lowest BCUT2D eigenvalue weighted by Gasteiger charge is -2.11. The highest BCUT2D eigenvalue weighted by molar-refractivity contribution is 7.98. The van der Waals surface area contributed by atoms with E-state index in [1.807, 2.05) is 18.4 Å². The number of carbonyl (C=O) groups excluding carboxylic acids is 2. The molecule has 3 rings (SSSR count). The maximum absolute atomic E-state index is 12.4. The summed E-state index contributed by atoms with van der Waals surface area (Å²) in [5, 5.41) is 2.60. The molecule has 1 saturated heterocycles. The third-order valence-electron chi connectivity index (χ3n) is 3.23. The topological polar surface area (TPSA) is 62.3 Å². The first-order valence-electron chi connectivity index (χ1n) is 6.60. The summed E-state index contributed by atoms with van der Waals surface area (Å²) in [6.45, 7) is 0. The fraction of sp³-hybridized carbons (Fsp3) is 0.0625. The Kier molecular flexibility index (Phi) is 3.93. The number of hydrogen-bond acceptors (Lipinski definition) is 4. The van der Waals surface area contributed by atoms with Gasteiger partial charge in [-0.25, -0.2) is 9.69 Å². The van der Waals surface area contributed by atoms with Gasteiger partial charge in [0.15, 0.2) is 0 Å². The molecule has 22 heavy (non-hydrogen) atoms. The number of pyridine rings is 1. The normalized spacial score (nSPS) is 16.2. The molecule has 1 aromatic heterocycles. The number of thioether (sulfide) groups is 1. The fourth-order valence-electron chi connectivity index (χ4n) is 2.13. The SMILES string of the molecule is CSc1ccc(N2C(=O)N/C(=C\c3ccncc3)C2=O)cc1. The maximum atomic E-state index is 12.4. The van der Waals surface area contributed by atoms with Crippen LogP contribution in [0.15, 0.2) is 59.4 Å². The number of nitrogens with one attached hydrogen (secondary N) is 1. The van der Waals surface area contributed by atoms with Crippen molar-refractivity contribution in [3.63, 3.8) is 0 Å². The molecule has 0 aliphatic carbocycles. The minimum atomic E-state index is -0.442. The molecule has 1 aliphatic heterocycles. The predicted octanol–water partition coefficient (Wildman–Crippen LogP) is 2.90. The minimum absolute atomic E-state index is 0.255. The van der Waals surface area contributed by atoms with Gasteiger partial charge < -0.3 is 5.32 Å². The Labute approximate surface area is 132 Å². The lowest BCUT2D eigenvalue weighted by Crippen LogP contribution is -2.30. The van der Waals surface area contributed by atoms with E-state index in [0.717, 1.165) is 15.4 Å². The highest BCUT2D eigenvalue weighted by Crippen LogP contribution is 2.24. The van der Waals surface area contributed by atoms with Crippen molar-refractivity contribution in [2.24, 2.45) is 0 Å². The van der Waals surface area contributed by atoms with Crippen LogP contribution in [0.3, 0.4) is 0 Å². The van der Waals surface area contributed by atoms with Gasteiger partial charge in [-0.2, -0.15) is 0 Å². The van der Waals surface area contributed by atoms with Crippen molar-refractivity contribution in [3.05, 3.63) is 60.1 Å². The molecule has 0 atom stereocenters. The van der Waals surface area contributed by atoms with Crippen molar-refractivity contribution in [2.45, 2.75) is 4.90 Å². The number of rotatable bonds is 3. The number of amides is 3. The van der Waals surface area contributed by atoms with Crippen LogP contribution in [0.25, 0.3) is 6.08 Å². The van der Waals surface area contributed by atoms with Gasteiger partial charge in [0.1, 0.15) is 5.70 Å². The number of benzene rings is 1. The smallest absolute Gasteiger partial charge is 0.302 e. The van der Waals surface area contributed by atoms with Crippen molar-refractivity contribution in [1.82, 2.24) is 10.3 Å². The number of imide groups is 1. The third-order valence-corrected chi connectivity index (χ3v) is 3.97. The van der Waals surface area contributed by atoms with Gasteiger partial charge in [-0.3, -0.25) is 9.78 Å². The number of nitrogens with zero attached hydrogens (tertiary/aromatic N) is 2. The zero-order valence-corrected chi connectivity index (χ0v) is 12.6. The van der Waals surface area contributed by atoms with Gasteiger partial charge in [-0.1, -0.05) is 0 Å². The molecule has 1 aromatic carbocycles. The molecule has 0 unspecified atom stereocenters. The van der Waals surface area contributed by atoms with Gasteiger partial charge in [0.2, 0.25) is 0 Å². The van der Waals surface area contributed by atoms with E-state index in [1.165, 1.54) is 0 Å². The Bertz CT molecular complexity index is 742. The molecule has 5 nitrogen and oxygen atoms in total. The molecule has 0 saturated carbocycles. The highest BCUT2D eigenvalue weighted by Gasteiger charge is 2.34. The van der Waals surface area contributed by atoms with E-state index in [2.05, 4.69) is 10.3 Å². The summed E-state index contributed by atoms with van der Waals surface area (Å²) >= 11 is 1.60. The summed E-state index contributed by atoms with van der Waals surface area (Å²) in [7, 11) is 0. The number of aromatic nitrogens is 1. The molecular weight excluding hydrogens is 298 g/mol. The number of carbonyl (C=O) groups is 2. The van der Waals surface area contributed by atoms with E-state index in [0.29, 0.717) is 5.69 Å². The van der Waals surface area contributed by atoms with Crippen molar-refractivity contribution in [3.8, 4) is 0 Å². The third kappa shape index (κ3) is 2.73. The number of hydrogen-bond donors (Lipinski definition) is 1. The summed E-state index contributed by atoms with van der Waals surface area (Å²) in [5.74, 6) is -0.362. The summed E-state index contributed by atoms with van der Waals surface area (Å²) < 4.78 is 0. The van der Waals surface area contributed by atoms with Crippen LogP contribution < -0.4 is 10.2 Å². The van der Waals surface area contributed by atoms with E-state index >= 15 is 0 Å². The van der Waals surface area contributed by atoms with Crippen LogP contribution in [0.4, 0.5) is 10.5 Å². The number of urea groups is 1. The summed E-state index contributed by atoms with van der Waals surface area (Å²) in [4.78, 5) is 30.6. The van der Waals surface area contributed by atoms with E-state index in [1.54, 1.807) is 54.5 Å². The Balaban J connectivity index is 1.89. The maximum Gasteiger partial charge on any atom is 0.333 e. The van der Waals surface area contributed by atoms with Crippen LogP contribution in [0, 0.1) is 0 Å².